The predicted octanol–water partition coefficient (Wildman–Crippen LogP) is 4.33. The summed E-state index contributed by atoms with van der Waals surface area (Å²) in [5.41, 5.74) is 2.36. The summed E-state index contributed by atoms with van der Waals surface area (Å²) in [7, 11) is 0. The van der Waals surface area contributed by atoms with Gasteiger partial charge in [-0.2, -0.15) is 0 Å². The molecule has 1 N–H and O–H groups in total. The zero-order valence-corrected chi connectivity index (χ0v) is 14.2. The molecule has 0 saturated heterocycles. The molecule has 112 valence electrons. The van der Waals surface area contributed by atoms with Crippen molar-refractivity contribution in [3.8, 4) is 0 Å². The van der Waals surface area contributed by atoms with E-state index in [2.05, 4.69) is 32.3 Å². The molecule has 5 heteroatoms. The summed E-state index contributed by atoms with van der Waals surface area (Å²) >= 11 is 3.53. The Kier molecular flexibility index (Phi) is 4.52. The van der Waals surface area contributed by atoms with Crippen LogP contribution in [0.3, 0.4) is 0 Å². The zero-order valence-electron chi connectivity index (χ0n) is 12.7. The van der Waals surface area contributed by atoms with Crippen molar-refractivity contribution in [3.05, 3.63) is 40.0 Å². The zero-order chi connectivity index (χ0) is 15.6. The second kappa shape index (κ2) is 6.02. The molecule has 1 amide bonds. The number of alkyl carbamates (subject to hydrolysis) is 1. The largest absolute Gasteiger partial charge is 0.444 e. The normalized spacial score (nSPS) is 11.5. The molecule has 0 saturated carbocycles. The molecule has 2 rings (SSSR count). The highest BCUT2D eigenvalue weighted by atomic mass is 79.9. The lowest BCUT2D eigenvalue weighted by molar-refractivity contribution is 0.0523. The molecule has 0 radical (unpaired) electrons. The molecule has 0 unspecified atom stereocenters. The molecular formula is C16H19BrN2O2. The Morgan fingerprint density at radius 1 is 1.33 bits per heavy atom. The van der Waals surface area contributed by atoms with Crippen LogP contribution in [-0.2, 0) is 11.3 Å². The Balaban J connectivity index is 2.12. The van der Waals surface area contributed by atoms with Crippen LogP contribution >= 0.6 is 15.9 Å². The van der Waals surface area contributed by atoms with Crippen LogP contribution in [0.5, 0.6) is 0 Å². The van der Waals surface area contributed by atoms with Gasteiger partial charge in [0.05, 0.1) is 17.8 Å². The quantitative estimate of drug-likeness (QED) is 0.876. The van der Waals surface area contributed by atoms with Crippen LogP contribution in [0, 0.1) is 6.92 Å². The first-order valence-corrected chi connectivity index (χ1v) is 7.56. The first-order valence-electron chi connectivity index (χ1n) is 6.77. The van der Waals surface area contributed by atoms with E-state index in [1.165, 1.54) is 5.56 Å². The maximum absolute atomic E-state index is 11.6. The van der Waals surface area contributed by atoms with Gasteiger partial charge >= 0.3 is 6.09 Å². The number of benzene rings is 1. The van der Waals surface area contributed by atoms with E-state index >= 15 is 0 Å². The molecule has 0 atom stereocenters. The summed E-state index contributed by atoms with van der Waals surface area (Å²) in [4.78, 5) is 16.2. The van der Waals surface area contributed by atoms with Crippen molar-refractivity contribution < 1.29 is 9.53 Å². The van der Waals surface area contributed by atoms with Gasteiger partial charge in [-0.3, -0.25) is 0 Å². The Bertz CT molecular complexity index is 678. The van der Waals surface area contributed by atoms with Gasteiger partial charge in [-0.1, -0.05) is 6.07 Å². The summed E-state index contributed by atoms with van der Waals surface area (Å²) in [6, 6.07) is 8.02. The van der Waals surface area contributed by atoms with Gasteiger partial charge in [-0.15, -0.1) is 0 Å². The maximum atomic E-state index is 11.6. The van der Waals surface area contributed by atoms with Gasteiger partial charge in [0.2, 0.25) is 0 Å². The number of aromatic nitrogens is 1. The SMILES string of the molecule is Cc1cc(Br)c2nc(CNC(=O)OC(C)(C)C)ccc2c1. The van der Waals surface area contributed by atoms with Crippen molar-refractivity contribution in [1.29, 1.82) is 0 Å². The Morgan fingerprint density at radius 2 is 2.05 bits per heavy atom. The van der Waals surface area contributed by atoms with E-state index in [-0.39, 0.29) is 0 Å². The van der Waals surface area contributed by atoms with Crippen LogP contribution in [-0.4, -0.2) is 16.7 Å². The first kappa shape index (κ1) is 15.8. The second-order valence-electron chi connectivity index (χ2n) is 5.98. The van der Waals surface area contributed by atoms with Crippen LogP contribution in [0.25, 0.3) is 10.9 Å². The summed E-state index contributed by atoms with van der Waals surface area (Å²) in [5, 5.41) is 3.78. The standard InChI is InChI=1S/C16H19BrN2O2/c1-10-7-11-5-6-12(19-14(11)13(17)8-10)9-18-15(20)21-16(2,3)4/h5-8H,9H2,1-4H3,(H,18,20). The number of amides is 1. The van der Waals surface area contributed by atoms with Gasteiger partial charge in [0.15, 0.2) is 0 Å². The maximum Gasteiger partial charge on any atom is 0.407 e. The van der Waals surface area contributed by atoms with Crippen LogP contribution in [0.2, 0.25) is 0 Å². The predicted molar refractivity (Wildman–Crippen MR) is 87.3 cm³/mol. The number of nitrogens with zero attached hydrogens (tertiary/aromatic N) is 1. The molecule has 1 aromatic carbocycles. The number of rotatable bonds is 2. The van der Waals surface area contributed by atoms with Crippen LogP contribution in [0.15, 0.2) is 28.7 Å². The molecule has 1 heterocycles. The number of halogens is 1. The molecule has 0 spiro atoms. The number of carbonyl (C=O) groups is 1. The van der Waals surface area contributed by atoms with E-state index in [4.69, 9.17) is 4.74 Å². The van der Waals surface area contributed by atoms with Gasteiger partial charge in [-0.25, -0.2) is 9.78 Å². The monoisotopic (exact) mass is 350 g/mol. The minimum atomic E-state index is -0.499. The Hall–Kier alpha value is -1.62. The summed E-state index contributed by atoms with van der Waals surface area (Å²) in [5.74, 6) is 0. The van der Waals surface area contributed by atoms with Gasteiger partial charge in [0, 0.05) is 9.86 Å². The Labute approximate surface area is 133 Å². The smallest absolute Gasteiger partial charge is 0.407 e. The average Bonchev–Trinajstić information content (AvgIpc) is 2.34. The molecule has 4 nitrogen and oxygen atoms in total. The molecule has 0 aliphatic heterocycles. The minimum absolute atomic E-state index is 0.338. The first-order chi connectivity index (χ1) is 9.74. The number of ether oxygens (including phenoxy) is 1. The third-order valence-electron chi connectivity index (χ3n) is 2.76. The number of hydrogen-bond acceptors (Lipinski definition) is 3. The van der Waals surface area contributed by atoms with Crippen LogP contribution in [0.1, 0.15) is 32.0 Å². The minimum Gasteiger partial charge on any atom is -0.444 e. The summed E-state index contributed by atoms with van der Waals surface area (Å²) in [6.45, 7) is 7.88. The molecule has 2 aromatic rings. The van der Waals surface area contributed by atoms with E-state index in [0.717, 1.165) is 21.1 Å². The number of nitrogens with one attached hydrogen (secondary N) is 1. The second-order valence-corrected chi connectivity index (χ2v) is 6.83. The van der Waals surface area contributed by atoms with Gasteiger partial charge in [0.1, 0.15) is 5.60 Å². The van der Waals surface area contributed by atoms with E-state index in [1.54, 1.807) is 0 Å². The molecule has 21 heavy (non-hydrogen) atoms. The fraction of sp³-hybridized carbons (Fsp3) is 0.375. The summed E-state index contributed by atoms with van der Waals surface area (Å²) in [6.07, 6.45) is -0.438. The third-order valence-corrected chi connectivity index (χ3v) is 3.37. The fourth-order valence-corrected chi connectivity index (χ4v) is 2.63. The fourth-order valence-electron chi connectivity index (χ4n) is 1.95. The average molecular weight is 351 g/mol. The van der Waals surface area contributed by atoms with Crippen molar-refractivity contribution in [1.82, 2.24) is 10.3 Å². The van der Waals surface area contributed by atoms with Crippen molar-refractivity contribution in [3.63, 3.8) is 0 Å². The van der Waals surface area contributed by atoms with Crippen LogP contribution < -0.4 is 5.32 Å². The number of aryl methyl sites for hydroxylation is 1. The lowest BCUT2D eigenvalue weighted by atomic mass is 10.1. The molecule has 1 aromatic heterocycles. The lowest BCUT2D eigenvalue weighted by Gasteiger charge is -2.19. The van der Waals surface area contributed by atoms with E-state index in [9.17, 15) is 4.79 Å². The number of carbonyl (C=O) groups excluding carboxylic acids is 1. The molecule has 0 aliphatic rings. The van der Waals surface area contributed by atoms with Crippen molar-refractivity contribution in [2.24, 2.45) is 0 Å². The van der Waals surface area contributed by atoms with E-state index in [0.29, 0.717) is 6.54 Å². The van der Waals surface area contributed by atoms with Gasteiger partial charge in [-0.05, 0) is 67.4 Å². The number of fused-ring (bicyclic) bond motifs is 1. The lowest BCUT2D eigenvalue weighted by Crippen LogP contribution is -2.32. The third kappa shape index (κ3) is 4.43. The number of pyridine rings is 1. The Morgan fingerprint density at radius 3 is 2.71 bits per heavy atom. The molecule has 0 bridgehead atoms. The molecule has 0 fully saturated rings. The number of hydrogen-bond donors (Lipinski definition) is 1. The van der Waals surface area contributed by atoms with E-state index < -0.39 is 11.7 Å². The topological polar surface area (TPSA) is 51.2 Å². The highest BCUT2D eigenvalue weighted by molar-refractivity contribution is 9.10. The van der Waals surface area contributed by atoms with Gasteiger partial charge < -0.3 is 10.1 Å². The highest BCUT2D eigenvalue weighted by Gasteiger charge is 2.15. The van der Waals surface area contributed by atoms with E-state index in [1.807, 2.05) is 45.9 Å². The summed E-state index contributed by atoms with van der Waals surface area (Å²) < 4.78 is 6.15. The van der Waals surface area contributed by atoms with Crippen molar-refractivity contribution in [2.75, 3.05) is 0 Å². The highest BCUT2D eigenvalue weighted by Crippen LogP contribution is 2.24. The molecule has 0 aliphatic carbocycles. The molecular weight excluding hydrogens is 332 g/mol. The van der Waals surface area contributed by atoms with Crippen LogP contribution in [0.4, 0.5) is 4.79 Å². The van der Waals surface area contributed by atoms with Crippen molar-refractivity contribution in [2.45, 2.75) is 39.8 Å². The van der Waals surface area contributed by atoms with Crippen molar-refractivity contribution >= 4 is 32.9 Å². The van der Waals surface area contributed by atoms with Gasteiger partial charge in [0.25, 0.3) is 0 Å².